The molecular weight excluding hydrogens is 270 g/mol. The first-order valence-corrected chi connectivity index (χ1v) is 6.84. The van der Waals surface area contributed by atoms with Crippen LogP contribution in [0.1, 0.15) is 51.4 Å². The van der Waals surface area contributed by atoms with E-state index >= 15 is 0 Å². The zero-order chi connectivity index (χ0) is 14.3. The van der Waals surface area contributed by atoms with Gasteiger partial charge in [-0.05, 0) is 37.5 Å². The van der Waals surface area contributed by atoms with Crippen LogP contribution in [0.5, 0.6) is 0 Å². The molecule has 0 N–H and O–H groups in total. The second-order valence-electron chi connectivity index (χ2n) is 5.83. The van der Waals surface area contributed by atoms with E-state index in [1.807, 2.05) is 0 Å². The lowest BCUT2D eigenvalue weighted by molar-refractivity contribution is -0.376. The van der Waals surface area contributed by atoms with Crippen molar-refractivity contribution in [2.24, 2.45) is 17.3 Å². The molecule has 0 aliphatic heterocycles. The van der Waals surface area contributed by atoms with Crippen molar-refractivity contribution >= 4 is 0 Å². The van der Waals surface area contributed by atoms with Gasteiger partial charge in [-0.2, -0.15) is 26.3 Å². The summed E-state index contributed by atoms with van der Waals surface area (Å²) in [4.78, 5) is 0. The molecule has 0 spiro atoms. The summed E-state index contributed by atoms with van der Waals surface area (Å²) in [7, 11) is 0. The van der Waals surface area contributed by atoms with Crippen LogP contribution in [0, 0.1) is 17.3 Å². The van der Waals surface area contributed by atoms with E-state index < -0.39 is 29.6 Å². The topological polar surface area (TPSA) is 0 Å². The zero-order valence-corrected chi connectivity index (χ0v) is 10.6. The minimum absolute atomic E-state index is 0.0511. The van der Waals surface area contributed by atoms with Crippen LogP contribution >= 0.6 is 0 Å². The summed E-state index contributed by atoms with van der Waals surface area (Å²) < 4.78 is 80.7. The van der Waals surface area contributed by atoms with Gasteiger partial charge in [-0.3, -0.25) is 0 Å². The van der Waals surface area contributed by atoms with E-state index in [4.69, 9.17) is 0 Å². The summed E-state index contributed by atoms with van der Waals surface area (Å²) >= 11 is 0. The van der Waals surface area contributed by atoms with Crippen molar-refractivity contribution in [3.63, 3.8) is 0 Å². The summed E-state index contributed by atoms with van der Waals surface area (Å²) in [5.41, 5.74) is -3.47. The molecule has 0 nitrogen and oxygen atoms in total. The summed E-state index contributed by atoms with van der Waals surface area (Å²) in [6.45, 7) is 0. The fraction of sp³-hybridized carbons (Fsp3) is 1.00. The van der Waals surface area contributed by atoms with E-state index in [0.717, 1.165) is 0 Å². The Morgan fingerprint density at radius 1 is 0.526 bits per heavy atom. The van der Waals surface area contributed by atoms with Crippen LogP contribution in [0.2, 0.25) is 0 Å². The number of alkyl halides is 6. The van der Waals surface area contributed by atoms with Crippen LogP contribution in [0.4, 0.5) is 26.3 Å². The molecule has 0 aromatic carbocycles. The van der Waals surface area contributed by atoms with Crippen LogP contribution in [-0.2, 0) is 0 Å². The first-order valence-electron chi connectivity index (χ1n) is 6.84. The minimum atomic E-state index is -5.20. The first-order chi connectivity index (χ1) is 8.71. The zero-order valence-electron chi connectivity index (χ0n) is 10.6. The predicted octanol–water partition coefficient (Wildman–Crippen LogP) is 5.48. The Morgan fingerprint density at radius 3 is 1.00 bits per heavy atom. The standard InChI is InChI=1S/C13H18F6/c14-12(15,16)11(13(17,18)19,9-5-1-2-6-9)10-7-3-4-8-10/h9-10H,1-8H2. The molecule has 6 heteroatoms. The van der Waals surface area contributed by atoms with Gasteiger partial charge < -0.3 is 0 Å². The summed E-state index contributed by atoms with van der Waals surface area (Å²) in [6, 6.07) is 0. The van der Waals surface area contributed by atoms with Crippen molar-refractivity contribution < 1.29 is 26.3 Å². The second kappa shape index (κ2) is 4.85. The molecule has 112 valence electrons. The van der Waals surface area contributed by atoms with Crippen LogP contribution in [0.3, 0.4) is 0 Å². The molecule has 0 atom stereocenters. The fourth-order valence-corrected chi connectivity index (χ4v) is 4.18. The smallest absolute Gasteiger partial charge is 0.170 e. The third-order valence-corrected chi connectivity index (χ3v) is 4.94. The van der Waals surface area contributed by atoms with Gasteiger partial charge in [0.05, 0.1) is 0 Å². The molecule has 2 aliphatic rings. The maximum Gasteiger partial charge on any atom is 0.403 e. The van der Waals surface area contributed by atoms with Gasteiger partial charge in [0.25, 0.3) is 0 Å². The van der Waals surface area contributed by atoms with E-state index in [9.17, 15) is 26.3 Å². The highest BCUT2D eigenvalue weighted by Gasteiger charge is 2.76. The van der Waals surface area contributed by atoms with Gasteiger partial charge in [0.1, 0.15) is 0 Å². The Bertz CT molecular complexity index is 272. The maximum atomic E-state index is 13.5. The Kier molecular flexibility index (Phi) is 3.82. The third kappa shape index (κ3) is 2.25. The number of rotatable bonds is 2. The van der Waals surface area contributed by atoms with Crippen molar-refractivity contribution in [1.29, 1.82) is 0 Å². The molecule has 0 saturated heterocycles. The highest BCUT2D eigenvalue weighted by atomic mass is 19.4. The first kappa shape index (κ1) is 15.0. The van der Waals surface area contributed by atoms with E-state index in [1.165, 1.54) is 0 Å². The van der Waals surface area contributed by atoms with Crippen LogP contribution in [0.15, 0.2) is 0 Å². The van der Waals surface area contributed by atoms with Crippen molar-refractivity contribution in [3.05, 3.63) is 0 Å². The quantitative estimate of drug-likeness (QED) is 0.590. The summed E-state index contributed by atoms with van der Waals surface area (Å²) in [5.74, 6) is -2.56. The second-order valence-corrected chi connectivity index (χ2v) is 5.83. The Hall–Kier alpha value is -0.420. The van der Waals surface area contributed by atoms with Gasteiger partial charge in [0, 0.05) is 0 Å². The molecule has 0 aromatic rings. The van der Waals surface area contributed by atoms with E-state index in [-0.39, 0.29) is 25.7 Å². The molecule has 2 fully saturated rings. The van der Waals surface area contributed by atoms with Gasteiger partial charge in [0.2, 0.25) is 0 Å². The average Bonchev–Trinajstić information content (AvgIpc) is 2.85. The molecule has 0 aromatic heterocycles. The molecule has 0 bridgehead atoms. The van der Waals surface area contributed by atoms with Crippen LogP contribution < -0.4 is 0 Å². The van der Waals surface area contributed by atoms with E-state index in [1.54, 1.807) is 0 Å². The predicted molar refractivity (Wildman–Crippen MR) is 58.5 cm³/mol. The molecular formula is C13H18F6. The molecule has 19 heavy (non-hydrogen) atoms. The highest BCUT2D eigenvalue weighted by Crippen LogP contribution is 2.65. The number of halogens is 6. The Labute approximate surface area is 108 Å². The molecule has 2 saturated carbocycles. The van der Waals surface area contributed by atoms with Crippen molar-refractivity contribution in [1.82, 2.24) is 0 Å². The van der Waals surface area contributed by atoms with Crippen molar-refractivity contribution in [3.8, 4) is 0 Å². The van der Waals surface area contributed by atoms with E-state index in [0.29, 0.717) is 25.7 Å². The number of hydrogen-bond acceptors (Lipinski definition) is 0. The molecule has 2 aliphatic carbocycles. The Balaban J connectivity index is 2.49. The SMILES string of the molecule is FC(F)(F)C(C1CCCC1)(C1CCCC1)C(F)(F)F. The van der Waals surface area contributed by atoms with E-state index in [2.05, 4.69) is 0 Å². The third-order valence-electron chi connectivity index (χ3n) is 4.94. The fourth-order valence-electron chi connectivity index (χ4n) is 4.18. The monoisotopic (exact) mass is 288 g/mol. The summed E-state index contributed by atoms with van der Waals surface area (Å²) in [5, 5.41) is 0. The van der Waals surface area contributed by atoms with Gasteiger partial charge in [-0.25, -0.2) is 0 Å². The van der Waals surface area contributed by atoms with Gasteiger partial charge in [-0.15, -0.1) is 0 Å². The normalized spacial score (nSPS) is 24.3. The molecule has 0 radical (unpaired) electrons. The molecule has 0 unspecified atom stereocenters. The van der Waals surface area contributed by atoms with Gasteiger partial charge in [-0.1, -0.05) is 25.7 Å². The summed E-state index contributed by atoms with van der Waals surface area (Å²) in [6.07, 6.45) is -8.28. The highest BCUT2D eigenvalue weighted by molar-refractivity contribution is 5.04. The molecule has 2 rings (SSSR count). The maximum absolute atomic E-state index is 13.5. The largest absolute Gasteiger partial charge is 0.403 e. The van der Waals surface area contributed by atoms with Crippen LogP contribution in [-0.4, -0.2) is 12.4 Å². The molecule has 0 heterocycles. The Morgan fingerprint density at radius 2 is 0.789 bits per heavy atom. The van der Waals surface area contributed by atoms with Crippen LogP contribution in [0.25, 0.3) is 0 Å². The minimum Gasteiger partial charge on any atom is -0.170 e. The number of hydrogen-bond donors (Lipinski definition) is 0. The van der Waals surface area contributed by atoms with Gasteiger partial charge in [0.15, 0.2) is 5.41 Å². The van der Waals surface area contributed by atoms with Crippen molar-refractivity contribution in [2.45, 2.75) is 63.7 Å². The van der Waals surface area contributed by atoms with Crippen molar-refractivity contribution in [2.75, 3.05) is 0 Å². The van der Waals surface area contributed by atoms with Gasteiger partial charge >= 0.3 is 12.4 Å². The lowest BCUT2D eigenvalue weighted by Gasteiger charge is -2.46. The average molecular weight is 288 g/mol. The lowest BCUT2D eigenvalue weighted by atomic mass is 9.63. The molecule has 0 amide bonds. The lowest BCUT2D eigenvalue weighted by Crippen LogP contribution is -2.58.